The summed E-state index contributed by atoms with van der Waals surface area (Å²) in [5.41, 5.74) is -0.402. The molecule has 6 nitrogen and oxygen atoms in total. The van der Waals surface area contributed by atoms with Gasteiger partial charge in [0.25, 0.3) is 0 Å². The minimum absolute atomic E-state index is 0.0183. The Morgan fingerprint density at radius 3 is 2.70 bits per heavy atom. The van der Waals surface area contributed by atoms with Crippen LogP contribution in [0.15, 0.2) is 35.4 Å². The molecule has 0 saturated heterocycles. The first-order valence-corrected chi connectivity index (χ1v) is 8.26. The number of aryl methyl sites for hydroxylation is 1. The molecule has 0 aliphatic carbocycles. The molecule has 2 heterocycles. The van der Waals surface area contributed by atoms with Crippen LogP contribution in [0.2, 0.25) is 0 Å². The van der Waals surface area contributed by atoms with E-state index in [2.05, 4.69) is 18.0 Å². The number of nitrogens with zero attached hydrogens (tertiary/aromatic N) is 4. The topological polar surface area (TPSA) is 58.4 Å². The number of carbonyl (C=O) groups excluding carboxylic acids is 1. The molecule has 0 aromatic carbocycles. The molecule has 0 atom stereocenters. The summed E-state index contributed by atoms with van der Waals surface area (Å²) in [6, 6.07) is 5.76. The van der Waals surface area contributed by atoms with Gasteiger partial charge in [-0.3, -0.25) is 9.36 Å². The number of amides is 1. The smallest absolute Gasteiger partial charge is 0.335 e. The van der Waals surface area contributed by atoms with Crippen LogP contribution in [-0.2, 0) is 17.9 Å². The average Bonchev–Trinajstić information content (AvgIpc) is 2.91. The van der Waals surface area contributed by atoms with Gasteiger partial charge in [0.1, 0.15) is 6.54 Å². The molecule has 0 saturated carbocycles. The second-order valence-corrected chi connectivity index (χ2v) is 7.03. The summed E-state index contributed by atoms with van der Waals surface area (Å²) in [4.78, 5) is 34.2. The average molecular weight is 334 g/mol. The lowest BCUT2D eigenvalue weighted by molar-refractivity contribution is -0.132. The Bertz CT molecular complexity index is 708. The molecule has 0 unspecified atom stereocenters. The van der Waals surface area contributed by atoms with Crippen LogP contribution in [0.3, 0.4) is 0 Å². The third-order valence-electron chi connectivity index (χ3n) is 3.40. The van der Waals surface area contributed by atoms with Crippen LogP contribution >= 0.6 is 11.3 Å². The molecule has 7 heteroatoms. The van der Waals surface area contributed by atoms with Gasteiger partial charge in [-0.2, -0.15) is 0 Å². The van der Waals surface area contributed by atoms with Gasteiger partial charge in [-0.25, -0.2) is 9.78 Å². The van der Waals surface area contributed by atoms with Gasteiger partial charge < -0.3 is 9.80 Å². The van der Waals surface area contributed by atoms with Gasteiger partial charge in [0.2, 0.25) is 5.91 Å². The van der Waals surface area contributed by atoms with Crippen LogP contribution < -0.4 is 5.69 Å². The van der Waals surface area contributed by atoms with Crippen molar-refractivity contribution in [3.63, 3.8) is 0 Å². The zero-order chi connectivity index (χ0) is 16.8. The molecule has 124 valence electrons. The Labute approximate surface area is 140 Å². The van der Waals surface area contributed by atoms with E-state index in [1.807, 2.05) is 25.1 Å². The van der Waals surface area contributed by atoms with E-state index in [4.69, 9.17) is 0 Å². The normalized spacial score (nSPS) is 11.0. The zero-order valence-electron chi connectivity index (χ0n) is 13.7. The van der Waals surface area contributed by atoms with E-state index in [9.17, 15) is 9.59 Å². The fourth-order valence-corrected chi connectivity index (χ4v) is 3.03. The fraction of sp³-hybridized carbons (Fsp3) is 0.438. The number of rotatable bonds is 7. The maximum absolute atomic E-state index is 12.6. The van der Waals surface area contributed by atoms with E-state index >= 15 is 0 Å². The number of hydrogen-bond acceptors (Lipinski definition) is 5. The first kappa shape index (κ1) is 17.4. The largest absolute Gasteiger partial charge is 0.347 e. The summed E-state index contributed by atoms with van der Waals surface area (Å²) in [6.07, 6.45) is 3.02. The van der Waals surface area contributed by atoms with Crippen molar-refractivity contribution in [2.24, 2.45) is 0 Å². The predicted octanol–water partition coefficient (Wildman–Crippen LogP) is 1.20. The summed E-state index contributed by atoms with van der Waals surface area (Å²) in [6.45, 7) is 4.04. The van der Waals surface area contributed by atoms with Gasteiger partial charge in [-0.15, -0.1) is 11.3 Å². The Morgan fingerprint density at radius 1 is 1.30 bits per heavy atom. The van der Waals surface area contributed by atoms with Crippen molar-refractivity contribution in [3.05, 3.63) is 50.8 Å². The molecule has 0 spiro atoms. The van der Waals surface area contributed by atoms with Crippen LogP contribution in [0, 0.1) is 6.92 Å². The molecule has 0 aliphatic heterocycles. The lowest BCUT2D eigenvalue weighted by Crippen LogP contribution is -2.39. The van der Waals surface area contributed by atoms with E-state index in [1.165, 1.54) is 15.6 Å². The van der Waals surface area contributed by atoms with E-state index in [-0.39, 0.29) is 12.5 Å². The highest BCUT2D eigenvalue weighted by Gasteiger charge is 2.16. The Hall–Kier alpha value is -1.99. The number of thiophene rings is 1. The highest BCUT2D eigenvalue weighted by atomic mass is 32.1. The van der Waals surface area contributed by atoms with Crippen molar-refractivity contribution >= 4 is 17.2 Å². The van der Waals surface area contributed by atoms with Crippen LogP contribution in [-0.4, -0.2) is 52.4 Å². The van der Waals surface area contributed by atoms with Crippen molar-refractivity contribution in [1.29, 1.82) is 0 Å². The Morgan fingerprint density at radius 2 is 2.09 bits per heavy atom. The van der Waals surface area contributed by atoms with Gasteiger partial charge in [0.05, 0.1) is 6.54 Å². The van der Waals surface area contributed by atoms with Gasteiger partial charge in [0.15, 0.2) is 0 Å². The maximum atomic E-state index is 12.6. The Balaban J connectivity index is 2.10. The molecule has 0 fully saturated rings. The first-order valence-electron chi connectivity index (χ1n) is 7.45. The van der Waals surface area contributed by atoms with Crippen LogP contribution in [0.25, 0.3) is 0 Å². The summed E-state index contributed by atoms with van der Waals surface area (Å²) < 4.78 is 1.34. The Kier molecular flexibility index (Phi) is 6.06. The summed E-state index contributed by atoms with van der Waals surface area (Å²) >= 11 is 1.69. The molecule has 0 radical (unpaired) electrons. The number of carbonyl (C=O) groups is 1. The molecule has 2 rings (SSSR count). The maximum Gasteiger partial charge on any atom is 0.347 e. The molecule has 0 bridgehead atoms. The highest BCUT2D eigenvalue weighted by Crippen LogP contribution is 2.17. The van der Waals surface area contributed by atoms with E-state index < -0.39 is 5.69 Å². The molecular formula is C16H22N4O2S. The predicted molar refractivity (Wildman–Crippen MR) is 91.5 cm³/mol. The van der Waals surface area contributed by atoms with Crippen molar-refractivity contribution in [2.75, 3.05) is 27.2 Å². The minimum atomic E-state index is -0.402. The van der Waals surface area contributed by atoms with Crippen LogP contribution in [0.4, 0.5) is 0 Å². The SMILES string of the molecule is Cc1ccc(CN(CCN(C)C)C(=O)Cn2cccnc2=O)s1. The molecule has 0 aliphatic rings. The van der Waals surface area contributed by atoms with Crippen molar-refractivity contribution < 1.29 is 4.79 Å². The molecule has 1 amide bonds. The van der Waals surface area contributed by atoms with E-state index in [0.717, 1.165) is 11.4 Å². The number of likely N-dealkylation sites (N-methyl/N-ethyl adjacent to an activating group) is 1. The summed E-state index contributed by atoms with van der Waals surface area (Å²) in [5, 5.41) is 0. The molecule has 23 heavy (non-hydrogen) atoms. The summed E-state index contributed by atoms with van der Waals surface area (Å²) in [5.74, 6) is -0.0759. The lowest BCUT2D eigenvalue weighted by Gasteiger charge is -2.24. The highest BCUT2D eigenvalue weighted by molar-refractivity contribution is 7.11. The van der Waals surface area contributed by atoms with Gasteiger partial charge in [-0.05, 0) is 39.2 Å². The molecule has 2 aromatic heterocycles. The molecule has 0 N–H and O–H groups in total. The van der Waals surface area contributed by atoms with Crippen LogP contribution in [0.1, 0.15) is 9.75 Å². The van der Waals surface area contributed by atoms with Gasteiger partial charge in [-0.1, -0.05) is 0 Å². The van der Waals surface area contributed by atoms with Crippen molar-refractivity contribution in [3.8, 4) is 0 Å². The quantitative estimate of drug-likeness (QED) is 0.763. The zero-order valence-corrected chi connectivity index (χ0v) is 14.5. The summed E-state index contributed by atoms with van der Waals surface area (Å²) in [7, 11) is 3.95. The second kappa shape index (κ2) is 8.03. The van der Waals surface area contributed by atoms with E-state index in [0.29, 0.717) is 13.1 Å². The van der Waals surface area contributed by atoms with Crippen LogP contribution in [0.5, 0.6) is 0 Å². The molecular weight excluding hydrogens is 312 g/mol. The molecule has 2 aromatic rings. The van der Waals surface area contributed by atoms with E-state index in [1.54, 1.807) is 28.5 Å². The van der Waals surface area contributed by atoms with Gasteiger partial charge >= 0.3 is 5.69 Å². The van der Waals surface area contributed by atoms with Crippen molar-refractivity contribution in [1.82, 2.24) is 19.4 Å². The third-order valence-corrected chi connectivity index (χ3v) is 4.39. The number of aromatic nitrogens is 2. The van der Waals surface area contributed by atoms with Crippen molar-refractivity contribution in [2.45, 2.75) is 20.0 Å². The minimum Gasteiger partial charge on any atom is -0.335 e. The number of hydrogen-bond donors (Lipinski definition) is 0. The van der Waals surface area contributed by atoms with Gasteiger partial charge in [0, 0.05) is 35.2 Å². The monoisotopic (exact) mass is 334 g/mol. The lowest BCUT2D eigenvalue weighted by atomic mass is 10.3. The fourth-order valence-electron chi connectivity index (χ4n) is 2.12. The first-order chi connectivity index (χ1) is 11.0. The third kappa shape index (κ3) is 5.30. The second-order valence-electron chi connectivity index (χ2n) is 5.66. The standard InChI is InChI=1S/C16H22N4O2S/c1-13-5-6-14(23-13)11-19(10-9-18(2)3)15(21)12-20-8-4-7-17-16(20)22/h4-8H,9-12H2,1-3H3.